The van der Waals surface area contributed by atoms with Crippen molar-refractivity contribution in [2.24, 2.45) is 0 Å². The molecule has 0 amide bonds. The van der Waals surface area contributed by atoms with Gasteiger partial charge >= 0.3 is 12.1 Å². The van der Waals surface area contributed by atoms with Gasteiger partial charge in [-0.2, -0.15) is 17.5 Å². The molecule has 2 fully saturated rings. The molecule has 0 saturated carbocycles. The Morgan fingerprint density at radius 3 is 2.56 bits per heavy atom. The van der Waals surface area contributed by atoms with Crippen molar-refractivity contribution in [2.75, 3.05) is 32.8 Å². The number of carbonyl (C=O) groups is 1. The molecule has 154 valence electrons. The van der Waals surface area contributed by atoms with E-state index in [1.165, 1.54) is 11.3 Å². The number of sulfonamides is 1. The lowest BCUT2D eigenvalue weighted by Crippen LogP contribution is -2.51. The molecule has 3 rings (SSSR count). The predicted octanol–water partition coefficient (Wildman–Crippen LogP) is 1.87. The summed E-state index contributed by atoms with van der Waals surface area (Å²) < 4.78 is 64.6. The van der Waals surface area contributed by atoms with E-state index in [0.717, 1.165) is 26.1 Å². The predicted molar refractivity (Wildman–Crippen MR) is 92.2 cm³/mol. The van der Waals surface area contributed by atoms with E-state index in [1.807, 2.05) is 12.3 Å². The van der Waals surface area contributed by atoms with Crippen molar-refractivity contribution in [3.63, 3.8) is 0 Å². The number of thiophene rings is 1. The lowest BCUT2D eigenvalue weighted by molar-refractivity contribution is -0.192. The first kappa shape index (κ1) is 22.1. The zero-order chi connectivity index (χ0) is 20.2. The monoisotopic (exact) mass is 430 g/mol. The molecule has 12 heteroatoms. The van der Waals surface area contributed by atoms with Gasteiger partial charge in [0.05, 0.1) is 6.10 Å². The van der Waals surface area contributed by atoms with E-state index in [0.29, 0.717) is 23.3 Å². The molecule has 0 spiro atoms. The van der Waals surface area contributed by atoms with Gasteiger partial charge in [0.2, 0.25) is 0 Å². The fourth-order valence-corrected chi connectivity index (χ4v) is 5.69. The minimum atomic E-state index is -5.08. The number of ether oxygens (including phenoxy) is 1. The van der Waals surface area contributed by atoms with E-state index in [9.17, 15) is 21.6 Å². The number of carboxylic acids is 1. The van der Waals surface area contributed by atoms with Gasteiger partial charge in [-0.3, -0.25) is 4.90 Å². The van der Waals surface area contributed by atoms with Gasteiger partial charge in [0.1, 0.15) is 4.21 Å². The summed E-state index contributed by atoms with van der Waals surface area (Å²) in [4.78, 5) is 11.3. The number of aliphatic carboxylic acids is 1. The summed E-state index contributed by atoms with van der Waals surface area (Å²) in [6, 6.07) is 3.77. The van der Waals surface area contributed by atoms with Gasteiger partial charge in [-0.05, 0) is 24.8 Å². The Morgan fingerprint density at radius 1 is 1.37 bits per heavy atom. The van der Waals surface area contributed by atoms with E-state index in [-0.39, 0.29) is 6.10 Å². The highest BCUT2D eigenvalue weighted by Gasteiger charge is 2.40. The van der Waals surface area contributed by atoms with E-state index in [1.54, 1.807) is 16.4 Å². The minimum absolute atomic E-state index is 0.259. The van der Waals surface area contributed by atoms with Crippen LogP contribution in [0, 0.1) is 0 Å². The van der Waals surface area contributed by atoms with Gasteiger partial charge < -0.3 is 9.84 Å². The molecular formula is C15H21F3N2O5S2. The van der Waals surface area contributed by atoms with Crippen LogP contribution < -0.4 is 0 Å². The van der Waals surface area contributed by atoms with Crippen LogP contribution >= 0.6 is 11.3 Å². The maximum absolute atomic E-state index is 12.5. The molecule has 0 aliphatic carbocycles. The first-order chi connectivity index (χ1) is 12.6. The molecule has 0 unspecified atom stereocenters. The topological polar surface area (TPSA) is 87.2 Å². The third-order valence-corrected chi connectivity index (χ3v) is 7.51. The normalized spacial score (nSPS) is 24.1. The average molecular weight is 430 g/mol. The highest BCUT2D eigenvalue weighted by Crippen LogP contribution is 2.28. The zero-order valence-electron chi connectivity index (χ0n) is 14.6. The van der Waals surface area contributed by atoms with Gasteiger partial charge in [0.15, 0.2) is 0 Å². The Bertz CT molecular complexity index is 724. The molecule has 0 radical (unpaired) electrons. The molecule has 1 aromatic heterocycles. The van der Waals surface area contributed by atoms with Crippen molar-refractivity contribution < 1.29 is 36.2 Å². The van der Waals surface area contributed by atoms with Gasteiger partial charge in [0.25, 0.3) is 10.0 Å². The minimum Gasteiger partial charge on any atom is -0.475 e. The molecule has 2 aliphatic heterocycles. The first-order valence-electron chi connectivity index (χ1n) is 8.25. The second-order valence-corrected chi connectivity index (χ2v) is 9.17. The molecule has 2 saturated heterocycles. The van der Waals surface area contributed by atoms with Crippen molar-refractivity contribution in [1.82, 2.24) is 9.21 Å². The average Bonchev–Trinajstić information content (AvgIpc) is 3.23. The second-order valence-electron chi connectivity index (χ2n) is 6.06. The summed E-state index contributed by atoms with van der Waals surface area (Å²) in [5.41, 5.74) is 0. The number of nitrogens with zero attached hydrogens (tertiary/aromatic N) is 2. The summed E-state index contributed by atoms with van der Waals surface area (Å²) >= 11 is 1.29. The third-order valence-electron chi connectivity index (χ3n) is 4.27. The van der Waals surface area contributed by atoms with E-state index in [2.05, 4.69) is 4.90 Å². The number of alkyl halides is 3. The van der Waals surface area contributed by atoms with E-state index < -0.39 is 22.2 Å². The standard InChI is InChI=1S/C13H20N2O3S2.C2HF3O2/c1-2-18-12-8-11-9-15(6-5-14(11)10-12)20(16,17)13-4-3-7-19-13;3-2(4,5)1(6)7/h3-4,7,11-12H,2,5-6,8-10H2,1H3;(H,6,7)/t11-,12+;/m0./s1. The molecule has 0 bridgehead atoms. The summed E-state index contributed by atoms with van der Waals surface area (Å²) in [6.07, 6.45) is -3.89. The van der Waals surface area contributed by atoms with E-state index >= 15 is 0 Å². The number of piperazine rings is 1. The zero-order valence-corrected chi connectivity index (χ0v) is 16.2. The fraction of sp³-hybridized carbons (Fsp3) is 0.667. The fourth-order valence-electron chi connectivity index (χ4n) is 3.08. The van der Waals surface area contributed by atoms with Crippen LogP contribution in [0.25, 0.3) is 0 Å². The van der Waals surface area contributed by atoms with Gasteiger partial charge in [-0.25, -0.2) is 13.2 Å². The van der Waals surface area contributed by atoms with Crippen molar-refractivity contribution >= 4 is 27.3 Å². The lowest BCUT2D eigenvalue weighted by atomic mass is 10.2. The number of hydrogen-bond donors (Lipinski definition) is 1. The van der Waals surface area contributed by atoms with Crippen LogP contribution in [0.4, 0.5) is 13.2 Å². The molecule has 1 N–H and O–H groups in total. The Morgan fingerprint density at radius 2 is 2.04 bits per heavy atom. The molecule has 0 aromatic carbocycles. The second kappa shape index (κ2) is 8.86. The van der Waals surface area contributed by atoms with Crippen molar-refractivity contribution in [2.45, 2.75) is 35.9 Å². The Hall–Kier alpha value is -1.21. The number of carboxylic acid groups (broad SMARTS) is 1. The Balaban J connectivity index is 0.000000321. The Kier molecular flexibility index (Phi) is 7.25. The van der Waals surface area contributed by atoms with Crippen LogP contribution in [-0.4, -0.2) is 79.8 Å². The van der Waals surface area contributed by atoms with Crippen LogP contribution in [-0.2, 0) is 19.6 Å². The molecule has 2 aliphatic rings. The molecule has 1 aromatic rings. The number of fused-ring (bicyclic) bond motifs is 1. The maximum atomic E-state index is 12.5. The van der Waals surface area contributed by atoms with Crippen LogP contribution in [0.1, 0.15) is 13.3 Å². The van der Waals surface area contributed by atoms with Gasteiger partial charge in [-0.1, -0.05) is 6.07 Å². The van der Waals surface area contributed by atoms with Crippen LogP contribution in [0.2, 0.25) is 0 Å². The highest BCUT2D eigenvalue weighted by molar-refractivity contribution is 7.91. The molecule has 2 atom stereocenters. The van der Waals surface area contributed by atoms with Gasteiger partial charge in [-0.15, -0.1) is 11.3 Å². The summed E-state index contributed by atoms with van der Waals surface area (Å²) in [5.74, 6) is -2.76. The Labute approximate surface area is 159 Å². The van der Waals surface area contributed by atoms with Crippen LogP contribution in [0.5, 0.6) is 0 Å². The number of hydrogen-bond acceptors (Lipinski definition) is 6. The third kappa shape index (κ3) is 5.64. The van der Waals surface area contributed by atoms with Crippen LogP contribution in [0.15, 0.2) is 21.7 Å². The van der Waals surface area contributed by atoms with E-state index in [4.69, 9.17) is 14.6 Å². The van der Waals surface area contributed by atoms with Crippen molar-refractivity contribution in [3.8, 4) is 0 Å². The highest BCUT2D eigenvalue weighted by atomic mass is 32.2. The lowest BCUT2D eigenvalue weighted by Gasteiger charge is -2.36. The SMILES string of the molecule is CCO[C@@H]1C[C@H]2CN(S(=O)(=O)c3cccs3)CCN2C1.O=C(O)C(F)(F)F. The smallest absolute Gasteiger partial charge is 0.475 e. The summed E-state index contributed by atoms with van der Waals surface area (Å²) in [7, 11) is -3.30. The van der Waals surface area contributed by atoms with Gasteiger partial charge in [0, 0.05) is 38.8 Å². The largest absolute Gasteiger partial charge is 0.490 e. The first-order valence-corrected chi connectivity index (χ1v) is 10.6. The van der Waals surface area contributed by atoms with Crippen molar-refractivity contribution in [3.05, 3.63) is 17.5 Å². The molecule has 7 nitrogen and oxygen atoms in total. The quantitative estimate of drug-likeness (QED) is 0.785. The number of rotatable bonds is 4. The summed E-state index contributed by atoms with van der Waals surface area (Å²) in [6.45, 7) is 5.64. The van der Waals surface area contributed by atoms with Crippen LogP contribution in [0.3, 0.4) is 0 Å². The molecule has 3 heterocycles. The number of halogens is 3. The molecule has 27 heavy (non-hydrogen) atoms. The maximum Gasteiger partial charge on any atom is 0.490 e. The van der Waals surface area contributed by atoms with Crippen molar-refractivity contribution in [1.29, 1.82) is 0 Å². The summed E-state index contributed by atoms with van der Waals surface area (Å²) in [5, 5.41) is 8.93. The molecular weight excluding hydrogens is 409 g/mol.